The SMILES string of the molecule is COc1cc2c(cc1OC)CN(C(=O)Cc1csc(-c3ccccc3F)n1)CC2. The van der Waals surface area contributed by atoms with Gasteiger partial charge >= 0.3 is 0 Å². The number of halogens is 1. The van der Waals surface area contributed by atoms with Crippen LogP contribution in [0.15, 0.2) is 41.8 Å². The van der Waals surface area contributed by atoms with Gasteiger partial charge in [0.2, 0.25) is 5.91 Å². The summed E-state index contributed by atoms with van der Waals surface area (Å²) in [5.41, 5.74) is 3.36. The van der Waals surface area contributed by atoms with Gasteiger partial charge in [0.05, 0.1) is 26.3 Å². The van der Waals surface area contributed by atoms with Crippen LogP contribution in [0.2, 0.25) is 0 Å². The van der Waals surface area contributed by atoms with E-state index in [1.54, 1.807) is 32.4 Å². The van der Waals surface area contributed by atoms with Gasteiger partial charge in [0.25, 0.3) is 0 Å². The first kappa shape index (κ1) is 19.4. The third-order valence-corrected chi connectivity index (χ3v) is 5.98. The first-order chi connectivity index (χ1) is 14.1. The van der Waals surface area contributed by atoms with Crippen molar-refractivity contribution in [3.8, 4) is 22.1 Å². The van der Waals surface area contributed by atoms with Crippen LogP contribution in [0.1, 0.15) is 16.8 Å². The minimum absolute atomic E-state index is 0.0100. The van der Waals surface area contributed by atoms with E-state index < -0.39 is 0 Å². The lowest BCUT2D eigenvalue weighted by Crippen LogP contribution is -2.37. The number of nitrogens with zero attached hydrogens (tertiary/aromatic N) is 2. The van der Waals surface area contributed by atoms with Crippen molar-refractivity contribution in [2.24, 2.45) is 0 Å². The van der Waals surface area contributed by atoms with Gasteiger partial charge in [-0.15, -0.1) is 11.3 Å². The summed E-state index contributed by atoms with van der Waals surface area (Å²) in [4.78, 5) is 19.1. The topological polar surface area (TPSA) is 51.7 Å². The van der Waals surface area contributed by atoms with Gasteiger partial charge in [-0.3, -0.25) is 4.79 Å². The zero-order valence-corrected chi connectivity index (χ0v) is 17.1. The molecule has 29 heavy (non-hydrogen) atoms. The quantitative estimate of drug-likeness (QED) is 0.633. The van der Waals surface area contributed by atoms with Crippen LogP contribution in [0.4, 0.5) is 4.39 Å². The number of fused-ring (bicyclic) bond motifs is 1. The average Bonchev–Trinajstić information content (AvgIpc) is 3.20. The van der Waals surface area contributed by atoms with E-state index in [0.29, 0.717) is 40.9 Å². The number of methoxy groups -OCH3 is 2. The summed E-state index contributed by atoms with van der Waals surface area (Å²) < 4.78 is 24.7. The summed E-state index contributed by atoms with van der Waals surface area (Å²) in [6, 6.07) is 10.5. The highest BCUT2D eigenvalue weighted by atomic mass is 32.1. The fraction of sp³-hybridized carbons (Fsp3) is 0.273. The van der Waals surface area contributed by atoms with E-state index in [9.17, 15) is 9.18 Å². The van der Waals surface area contributed by atoms with Gasteiger partial charge in [0, 0.05) is 24.0 Å². The second-order valence-electron chi connectivity index (χ2n) is 6.84. The molecule has 0 saturated carbocycles. The van der Waals surface area contributed by atoms with Crippen LogP contribution in [-0.2, 0) is 24.2 Å². The van der Waals surface area contributed by atoms with Gasteiger partial charge in [-0.1, -0.05) is 12.1 Å². The number of aromatic nitrogens is 1. The summed E-state index contributed by atoms with van der Waals surface area (Å²) in [7, 11) is 3.22. The van der Waals surface area contributed by atoms with Crippen LogP contribution in [0.25, 0.3) is 10.6 Å². The number of thiazole rings is 1. The van der Waals surface area contributed by atoms with Crippen molar-refractivity contribution < 1.29 is 18.7 Å². The molecule has 2 aromatic carbocycles. The Morgan fingerprint density at radius 3 is 2.62 bits per heavy atom. The van der Waals surface area contributed by atoms with E-state index in [4.69, 9.17) is 9.47 Å². The Hall–Kier alpha value is -2.93. The molecule has 0 fully saturated rings. The fourth-order valence-electron chi connectivity index (χ4n) is 3.51. The lowest BCUT2D eigenvalue weighted by Gasteiger charge is -2.29. The van der Waals surface area contributed by atoms with Gasteiger partial charge in [-0.05, 0) is 41.8 Å². The molecule has 0 saturated heterocycles. The number of hydrogen-bond donors (Lipinski definition) is 0. The van der Waals surface area contributed by atoms with Crippen molar-refractivity contribution in [1.29, 1.82) is 0 Å². The molecule has 1 aromatic heterocycles. The zero-order chi connectivity index (χ0) is 20.4. The van der Waals surface area contributed by atoms with E-state index in [2.05, 4.69) is 4.98 Å². The Kier molecular flexibility index (Phi) is 5.49. The number of carbonyl (C=O) groups excluding carboxylic acids is 1. The standard InChI is InChI=1S/C22H21FN2O3S/c1-27-19-9-14-7-8-25(12-15(14)10-20(19)28-2)21(26)11-16-13-29-22(24-16)17-5-3-4-6-18(17)23/h3-6,9-10,13H,7-8,11-12H2,1-2H3. The van der Waals surface area contributed by atoms with E-state index in [0.717, 1.165) is 12.0 Å². The number of ether oxygens (including phenoxy) is 2. The van der Waals surface area contributed by atoms with E-state index >= 15 is 0 Å². The molecule has 3 aromatic rings. The monoisotopic (exact) mass is 412 g/mol. The number of amides is 1. The smallest absolute Gasteiger partial charge is 0.228 e. The number of hydrogen-bond acceptors (Lipinski definition) is 5. The van der Waals surface area contributed by atoms with E-state index in [1.807, 2.05) is 22.4 Å². The molecule has 1 aliphatic heterocycles. The summed E-state index contributed by atoms with van der Waals surface area (Å²) >= 11 is 1.35. The highest BCUT2D eigenvalue weighted by molar-refractivity contribution is 7.13. The summed E-state index contributed by atoms with van der Waals surface area (Å²) in [5.74, 6) is 1.07. The molecule has 0 atom stereocenters. The van der Waals surface area contributed by atoms with Crippen LogP contribution in [0.5, 0.6) is 11.5 Å². The lowest BCUT2D eigenvalue weighted by atomic mass is 9.98. The third kappa shape index (κ3) is 3.96. The highest BCUT2D eigenvalue weighted by Crippen LogP contribution is 2.33. The fourth-order valence-corrected chi connectivity index (χ4v) is 4.36. The molecule has 150 valence electrons. The molecule has 0 unspecified atom stereocenters. The maximum atomic E-state index is 14.0. The second-order valence-corrected chi connectivity index (χ2v) is 7.70. The first-order valence-corrected chi connectivity index (χ1v) is 10.2. The van der Waals surface area contributed by atoms with Crippen LogP contribution in [0, 0.1) is 5.82 Å². The van der Waals surface area contributed by atoms with Crippen molar-refractivity contribution in [1.82, 2.24) is 9.88 Å². The number of benzene rings is 2. The van der Waals surface area contributed by atoms with Crippen LogP contribution >= 0.6 is 11.3 Å². The molecule has 0 spiro atoms. The molecule has 5 nitrogen and oxygen atoms in total. The van der Waals surface area contributed by atoms with Crippen molar-refractivity contribution in [3.05, 3.63) is 64.4 Å². The van der Waals surface area contributed by atoms with Crippen molar-refractivity contribution in [3.63, 3.8) is 0 Å². The molecule has 7 heteroatoms. The Morgan fingerprint density at radius 1 is 1.17 bits per heavy atom. The normalized spacial score (nSPS) is 13.1. The Balaban J connectivity index is 1.47. The Morgan fingerprint density at radius 2 is 1.90 bits per heavy atom. The predicted molar refractivity (Wildman–Crippen MR) is 110 cm³/mol. The van der Waals surface area contributed by atoms with Crippen molar-refractivity contribution in [2.45, 2.75) is 19.4 Å². The number of carbonyl (C=O) groups is 1. The summed E-state index contributed by atoms with van der Waals surface area (Å²) in [6.45, 7) is 1.17. The highest BCUT2D eigenvalue weighted by Gasteiger charge is 2.23. The van der Waals surface area contributed by atoms with Crippen LogP contribution in [-0.4, -0.2) is 36.6 Å². The minimum atomic E-state index is -0.309. The molecular formula is C22H21FN2O3S. The minimum Gasteiger partial charge on any atom is -0.493 e. The van der Waals surface area contributed by atoms with Gasteiger partial charge in [-0.2, -0.15) is 0 Å². The third-order valence-electron chi connectivity index (χ3n) is 5.06. The average molecular weight is 412 g/mol. The van der Waals surface area contributed by atoms with Gasteiger partial charge < -0.3 is 14.4 Å². The van der Waals surface area contributed by atoms with Gasteiger partial charge in [0.15, 0.2) is 11.5 Å². The number of rotatable bonds is 5. The summed E-state index contributed by atoms with van der Waals surface area (Å²) in [5, 5.41) is 2.41. The molecule has 1 aliphatic rings. The zero-order valence-electron chi connectivity index (χ0n) is 16.3. The predicted octanol–water partition coefficient (Wildman–Crippen LogP) is 4.09. The van der Waals surface area contributed by atoms with Crippen molar-refractivity contribution in [2.75, 3.05) is 20.8 Å². The van der Waals surface area contributed by atoms with Crippen LogP contribution < -0.4 is 9.47 Å². The van der Waals surface area contributed by atoms with E-state index in [-0.39, 0.29) is 18.1 Å². The van der Waals surface area contributed by atoms with Gasteiger partial charge in [0.1, 0.15) is 10.8 Å². The molecule has 2 heterocycles. The summed E-state index contributed by atoms with van der Waals surface area (Å²) in [6.07, 6.45) is 0.965. The maximum Gasteiger partial charge on any atom is 0.228 e. The van der Waals surface area contributed by atoms with Crippen LogP contribution in [0.3, 0.4) is 0 Å². The molecule has 1 amide bonds. The molecule has 0 radical (unpaired) electrons. The van der Waals surface area contributed by atoms with Crippen molar-refractivity contribution >= 4 is 17.2 Å². The molecular weight excluding hydrogens is 391 g/mol. The van der Waals surface area contributed by atoms with Gasteiger partial charge in [-0.25, -0.2) is 9.37 Å². The Labute approximate surface area is 172 Å². The molecule has 0 N–H and O–H groups in total. The molecule has 4 rings (SSSR count). The largest absolute Gasteiger partial charge is 0.493 e. The molecule has 0 aliphatic carbocycles. The second kappa shape index (κ2) is 8.21. The molecule has 0 bridgehead atoms. The van der Waals surface area contributed by atoms with E-state index in [1.165, 1.54) is 23.0 Å². The first-order valence-electron chi connectivity index (χ1n) is 9.30. The lowest BCUT2D eigenvalue weighted by molar-refractivity contribution is -0.131. The maximum absolute atomic E-state index is 14.0. The Bertz CT molecular complexity index is 1050.